The van der Waals surface area contributed by atoms with Crippen LogP contribution in [0.3, 0.4) is 0 Å². The third kappa shape index (κ3) is 4.93. The highest BCUT2D eigenvalue weighted by Crippen LogP contribution is 2.51. The topological polar surface area (TPSA) is 43.6 Å². The van der Waals surface area contributed by atoms with Crippen LogP contribution in [0.5, 0.6) is 0 Å². The van der Waals surface area contributed by atoms with E-state index in [0.29, 0.717) is 5.82 Å². The monoisotopic (exact) mass is 722 g/mol. The fourth-order valence-electron chi connectivity index (χ4n) is 8.59. The van der Waals surface area contributed by atoms with E-state index in [1.165, 1.54) is 48.0 Å². The molecule has 0 amide bonds. The summed E-state index contributed by atoms with van der Waals surface area (Å²) in [6, 6.07) is 60.3. The van der Waals surface area contributed by atoms with Gasteiger partial charge in [0.05, 0.1) is 22.4 Å². The van der Waals surface area contributed by atoms with Crippen LogP contribution in [0.1, 0.15) is 25.0 Å². The van der Waals surface area contributed by atoms with E-state index in [9.17, 15) is 0 Å². The van der Waals surface area contributed by atoms with Crippen molar-refractivity contribution in [1.29, 1.82) is 0 Å². The molecule has 0 atom stereocenters. The first-order chi connectivity index (χ1) is 27.0. The second-order valence-corrected chi connectivity index (χ2v) is 15.9. The third-order valence-electron chi connectivity index (χ3n) is 11.2. The zero-order chi connectivity index (χ0) is 36.7. The first-order valence-corrected chi connectivity index (χ1v) is 19.5. The van der Waals surface area contributed by atoms with Gasteiger partial charge in [0.2, 0.25) is 0 Å². The molecule has 0 N–H and O–H groups in total. The van der Waals surface area contributed by atoms with E-state index in [-0.39, 0.29) is 5.41 Å². The predicted molar refractivity (Wildman–Crippen MR) is 229 cm³/mol. The summed E-state index contributed by atoms with van der Waals surface area (Å²) in [6.45, 7) is 4.60. The number of fused-ring (bicyclic) bond motifs is 7. The summed E-state index contributed by atoms with van der Waals surface area (Å²) < 4.78 is 4.87. The summed E-state index contributed by atoms with van der Waals surface area (Å²) in [6.07, 6.45) is 0. The minimum atomic E-state index is -0.274. The van der Waals surface area contributed by atoms with Gasteiger partial charge in [-0.3, -0.25) is 4.57 Å². The Balaban J connectivity index is 1.08. The van der Waals surface area contributed by atoms with E-state index < -0.39 is 0 Å². The van der Waals surface area contributed by atoms with Gasteiger partial charge in [0.15, 0.2) is 5.82 Å². The Bertz CT molecular complexity index is 3120. The summed E-state index contributed by atoms with van der Waals surface area (Å²) in [7, 11) is 0. The number of imidazole rings is 1. The van der Waals surface area contributed by atoms with Crippen molar-refractivity contribution in [3.05, 3.63) is 181 Å². The Hall–Kier alpha value is -6.69. The molecular formula is C50H34N4S. The lowest BCUT2D eigenvalue weighted by molar-refractivity contribution is 0.658. The van der Waals surface area contributed by atoms with Crippen LogP contribution in [0.2, 0.25) is 0 Å². The predicted octanol–water partition coefficient (Wildman–Crippen LogP) is 13.2. The largest absolute Gasteiger partial charge is 0.292 e. The highest BCUT2D eigenvalue weighted by Gasteiger charge is 2.40. The molecule has 4 nitrogen and oxygen atoms in total. The first kappa shape index (κ1) is 31.8. The first-order valence-electron chi connectivity index (χ1n) is 18.7. The number of benzene rings is 7. The maximum absolute atomic E-state index is 5.47. The number of aromatic nitrogens is 4. The standard InChI is InChI=1S/C50H34N4S/c1-50(2)40-22-8-6-19-39(40)46-44(50)45(32-28-26-31(27-29-32)36-20-13-21-38-37-18-7-11-25-43(37)55-47(36)38)52-48(53-46)33-14-12-15-34(30-33)49-51-41-23-9-10-24-42(41)54(49)35-16-4-3-5-17-35/h3-30H,1-2H3. The molecule has 7 aromatic carbocycles. The van der Waals surface area contributed by atoms with Crippen molar-refractivity contribution in [2.24, 2.45) is 0 Å². The molecule has 55 heavy (non-hydrogen) atoms. The number of nitrogens with zero attached hydrogens (tertiary/aromatic N) is 4. The number of hydrogen-bond acceptors (Lipinski definition) is 4. The fourth-order valence-corrected chi connectivity index (χ4v) is 9.83. The smallest absolute Gasteiger partial charge is 0.160 e. The van der Waals surface area contributed by atoms with Crippen LogP contribution in [0, 0.1) is 0 Å². The molecule has 3 aromatic heterocycles. The van der Waals surface area contributed by atoms with Crippen molar-refractivity contribution in [1.82, 2.24) is 19.5 Å². The number of rotatable bonds is 5. The van der Waals surface area contributed by atoms with Gasteiger partial charge < -0.3 is 0 Å². The zero-order valence-electron chi connectivity index (χ0n) is 30.4. The quantitative estimate of drug-likeness (QED) is 0.178. The van der Waals surface area contributed by atoms with E-state index in [2.05, 4.69) is 176 Å². The lowest BCUT2D eigenvalue weighted by Gasteiger charge is -2.24. The van der Waals surface area contributed by atoms with Gasteiger partial charge in [0, 0.05) is 59.1 Å². The molecule has 10 aromatic rings. The molecule has 0 radical (unpaired) electrons. The second-order valence-electron chi connectivity index (χ2n) is 14.8. The van der Waals surface area contributed by atoms with Crippen LogP contribution < -0.4 is 0 Å². The fraction of sp³-hybridized carbons (Fsp3) is 0.0600. The molecule has 5 heteroatoms. The molecule has 11 rings (SSSR count). The summed E-state index contributed by atoms with van der Waals surface area (Å²) in [5.74, 6) is 1.58. The summed E-state index contributed by atoms with van der Waals surface area (Å²) in [4.78, 5) is 16.0. The molecule has 0 saturated heterocycles. The van der Waals surface area contributed by atoms with Crippen molar-refractivity contribution < 1.29 is 0 Å². The molecule has 1 aliphatic rings. The van der Waals surface area contributed by atoms with Crippen LogP contribution >= 0.6 is 11.3 Å². The summed E-state index contributed by atoms with van der Waals surface area (Å²) >= 11 is 1.87. The molecule has 260 valence electrons. The maximum Gasteiger partial charge on any atom is 0.160 e. The van der Waals surface area contributed by atoms with Gasteiger partial charge in [0.1, 0.15) is 5.82 Å². The van der Waals surface area contributed by atoms with Gasteiger partial charge >= 0.3 is 0 Å². The van der Waals surface area contributed by atoms with Crippen LogP contribution in [0.15, 0.2) is 170 Å². The molecule has 0 fully saturated rings. The van der Waals surface area contributed by atoms with Crippen LogP contribution in [0.25, 0.3) is 93.3 Å². The molecule has 0 saturated carbocycles. The second kappa shape index (κ2) is 12.2. The molecule has 0 spiro atoms. The maximum atomic E-state index is 5.47. The van der Waals surface area contributed by atoms with E-state index >= 15 is 0 Å². The molecular weight excluding hydrogens is 689 g/mol. The van der Waals surface area contributed by atoms with Gasteiger partial charge in [-0.25, -0.2) is 15.0 Å². The molecule has 3 heterocycles. The van der Waals surface area contributed by atoms with Crippen molar-refractivity contribution in [3.8, 4) is 62.1 Å². The Kier molecular flexibility index (Phi) is 7.04. The highest BCUT2D eigenvalue weighted by molar-refractivity contribution is 7.26. The van der Waals surface area contributed by atoms with E-state index in [0.717, 1.165) is 50.6 Å². The van der Waals surface area contributed by atoms with Crippen molar-refractivity contribution >= 4 is 42.5 Å². The zero-order valence-corrected chi connectivity index (χ0v) is 31.2. The molecule has 1 aliphatic carbocycles. The van der Waals surface area contributed by atoms with Gasteiger partial charge in [-0.1, -0.05) is 147 Å². The normalized spacial score (nSPS) is 13.1. The lowest BCUT2D eigenvalue weighted by atomic mass is 9.80. The van der Waals surface area contributed by atoms with Crippen molar-refractivity contribution in [2.45, 2.75) is 19.3 Å². The van der Waals surface area contributed by atoms with E-state index in [4.69, 9.17) is 15.0 Å². The van der Waals surface area contributed by atoms with E-state index in [1.807, 2.05) is 23.5 Å². The summed E-state index contributed by atoms with van der Waals surface area (Å²) in [5, 5.41) is 2.62. The minimum Gasteiger partial charge on any atom is -0.292 e. The Morgan fingerprint density at radius 3 is 2.07 bits per heavy atom. The molecule has 0 aliphatic heterocycles. The van der Waals surface area contributed by atoms with Gasteiger partial charge in [0.25, 0.3) is 0 Å². The van der Waals surface area contributed by atoms with Crippen LogP contribution in [0.4, 0.5) is 0 Å². The third-order valence-corrected chi connectivity index (χ3v) is 12.4. The Morgan fingerprint density at radius 1 is 0.509 bits per heavy atom. The SMILES string of the molecule is CC1(C)c2ccccc2-c2nc(-c3cccc(-c4nc5ccccc5n4-c4ccccc4)c3)nc(-c3ccc(-c4cccc5c4sc4ccccc45)cc3)c21. The van der Waals surface area contributed by atoms with Gasteiger partial charge in [-0.15, -0.1) is 11.3 Å². The van der Waals surface area contributed by atoms with Crippen LogP contribution in [-0.2, 0) is 5.41 Å². The van der Waals surface area contributed by atoms with E-state index in [1.54, 1.807) is 0 Å². The highest BCUT2D eigenvalue weighted by atomic mass is 32.1. The Morgan fingerprint density at radius 2 is 1.18 bits per heavy atom. The number of thiophene rings is 1. The minimum absolute atomic E-state index is 0.274. The molecule has 0 unspecified atom stereocenters. The number of hydrogen-bond donors (Lipinski definition) is 0. The summed E-state index contributed by atoms with van der Waals surface area (Å²) in [5.41, 5.74) is 13.9. The van der Waals surface area contributed by atoms with Gasteiger partial charge in [-0.2, -0.15) is 0 Å². The average molecular weight is 723 g/mol. The average Bonchev–Trinajstić information content (AvgIpc) is 3.89. The van der Waals surface area contributed by atoms with Crippen molar-refractivity contribution in [2.75, 3.05) is 0 Å². The van der Waals surface area contributed by atoms with Crippen molar-refractivity contribution in [3.63, 3.8) is 0 Å². The Labute approximate surface area is 323 Å². The van der Waals surface area contributed by atoms with Crippen LogP contribution in [-0.4, -0.2) is 19.5 Å². The van der Waals surface area contributed by atoms with Gasteiger partial charge in [-0.05, 0) is 53.1 Å². The lowest BCUT2D eigenvalue weighted by Crippen LogP contribution is -2.17. The number of para-hydroxylation sites is 3. The molecule has 0 bridgehead atoms.